The summed E-state index contributed by atoms with van der Waals surface area (Å²) < 4.78 is 27.4. The van der Waals surface area contributed by atoms with Gasteiger partial charge in [-0.2, -0.15) is 0 Å². The number of rotatable bonds is 10. The minimum Gasteiger partial charge on any atom is -0.322 e. The van der Waals surface area contributed by atoms with E-state index in [0.29, 0.717) is 17.8 Å². The molecule has 6 heteroatoms. The molecular formula is C25H28N2O3S. The number of sulfonamides is 1. The molecule has 0 fully saturated rings. The molecule has 0 atom stereocenters. The van der Waals surface area contributed by atoms with Crippen LogP contribution in [0, 0.1) is 0 Å². The van der Waals surface area contributed by atoms with E-state index in [4.69, 9.17) is 0 Å². The lowest BCUT2D eigenvalue weighted by Gasteiger charge is -2.09. The third-order valence-electron chi connectivity index (χ3n) is 5.00. The summed E-state index contributed by atoms with van der Waals surface area (Å²) in [4.78, 5) is 12.7. The zero-order chi connectivity index (χ0) is 22.1. The lowest BCUT2D eigenvalue weighted by molar-refractivity contribution is 0.102. The van der Waals surface area contributed by atoms with Crippen LogP contribution in [0.4, 0.5) is 5.69 Å². The van der Waals surface area contributed by atoms with Gasteiger partial charge in [0.05, 0.1) is 4.90 Å². The highest BCUT2D eigenvalue weighted by atomic mass is 32.2. The zero-order valence-electron chi connectivity index (χ0n) is 17.7. The Morgan fingerprint density at radius 1 is 0.774 bits per heavy atom. The Balaban J connectivity index is 1.58. The minimum absolute atomic E-state index is 0.188. The number of carbonyl (C=O) groups excluding carboxylic acids is 1. The molecule has 3 rings (SSSR count). The second kappa shape index (κ2) is 10.9. The highest BCUT2D eigenvalue weighted by Crippen LogP contribution is 2.20. The average molecular weight is 437 g/mol. The van der Waals surface area contributed by atoms with Gasteiger partial charge in [0.1, 0.15) is 0 Å². The molecule has 31 heavy (non-hydrogen) atoms. The number of hydrogen-bond acceptors (Lipinski definition) is 3. The van der Waals surface area contributed by atoms with Crippen LogP contribution in [0.5, 0.6) is 0 Å². The van der Waals surface area contributed by atoms with Gasteiger partial charge in [-0.1, -0.05) is 68.7 Å². The third kappa shape index (κ3) is 6.51. The van der Waals surface area contributed by atoms with E-state index in [1.807, 2.05) is 42.5 Å². The van der Waals surface area contributed by atoms with Crippen molar-refractivity contribution in [1.29, 1.82) is 0 Å². The van der Waals surface area contributed by atoms with Gasteiger partial charge in [0, 0.05) is 17.8 Å². The molecule has 3 aromatic carbocycles. The third-order valence-corrected chi connectivity index (χ3v) is 6.48. The molecule has 0 aliphatic carbocycles. The first-order chi connectivity index (χ1) is 15.0. The van der Waals surface area contributed by atoms with Crippen LogP contribution >= 0.6 is 0 Å². The van der Waals surface area contributed by atoms with Gasteiger partial charge in [0.2, 0.25) is 10.0 Å². The van der Waals surface area contributed by atoms with E-state index in [0.717, 1.165) is 36.8 Å². The number of anilines is 1. The van der Waals surface area contributed by atoms with Crippen molar-refractivity contribution in [1.82, 2.24) is 4.72 Å². The highest BCUT2D eigenvalue weighted by Gasteiger charge is 2.13. The minimum atomic E-state index is -3.54. The Hall–Kier alpha value is -2.96. The summed E-state index contributed by atoms with van der Waals surface area (Å²) in [5.41, 5.74) is 3.20. The van der Waals surface area contributed by atoms with E-state index >= 15 is 0 Å². The molecule has 0 saturated heterocycles. The van der Waals surface area contributed by atoms with Gasteiger partial charge in [0.15, 0.2) is 0 Å². The van der Waals surface area contributed by atoms with Gasteiger partial charge in [-0.15, -0.1) is 0 Å². The van der Waals surface area contributed by atoms with Gasteiger partial charge < -0.3 is 5.32 Å². The van der Waals surface area contributed by atoms with Crippen LogP contribution in [-0.2, 0) is 10.0 Å². The largest absolute Gasteiger partial charge is 0.322 e. The molecular weight excluding hydrogens is 408 g/mol. The van der Waals surface area contributed by atoms with Crippen LogP contribution in [0.3, 0.4) is 0 Å². The molecule has 0 bridgehead atoms. The first-order valence-electron chi connectivity index (χ1n) is 10.6. The fraction of sp³-hybridized carbons (Fsp3) is 0.240. The fourth-order valence-electron chi connectivity index (χ4n) is 3.21. The van der Waals surface area contributed by atoms with Crippen molar-refractivity contribution in [2.24, 2.45) is 0 Å². The monoisotopic (exact) mass is 436 g/mol. The van der Waals surface area contributed by atoms with Crippen molar-refractivity contribution >= 4 is 21.6 Å². The summed E-state index contributed by atoms with van der Waals surface area (Å²) in [6, 6.07) is 23.5. The maximum absolute atomic E-state index is 12.5. The summed E-state index contributed by atoms with van der Waals surface area (Å²) in [7, 11) is -3.54. The number of hydrogen-bond donors (Lipinski definition) is 2. The van der Waals surface area contributed by atoms with Crippen LogP contribution in [0.15, 0.2) is 83.8 Å². The van der Waals surface area contributed by atoms with E-state index in [2.05, 4.69) is 17.0 Å². The number of carbonyl (C=O) groups is 1. The normalized spacial score (nSPS) is 11.3. The van der Waals surface area contributed by atoms with E-state index in [-0.39, 0.29) is 10.8 Å². The van der Waals surface area contributed by atoms with Crippen molar-refractivity contribution in [2.45, 2.75) is 37.5 Å². The van der Waals surface area contributed by atoms with Crippen LogP contribution in [0.25, 0.3) is 11.1 Å². The second-order valence-corrected chi connectivity index (χ2v) is 9.15. The van der Waals surface area contributed by atoms with Crippen molar-refractivity contribution in [3.05, 3.63) is 84.4 Å². The van der Waals surface area contributed by atoms with Crippen LogP contribution in [0.2, 0.25) is 0 Å². The molecule has 0 unspecified atom stereocenters. The molecule has 0 aromatic heterocycles. The summed E-state index contributed by atoms with van der Waals surface area (Å²) in [5.74, 6) is -0.246. The molecule has 0 heterocycles. The van der Waals surface area contributed by atoms with Gasteiger partial charge >= 0.3 is 0 Å². The number of amides is 1. The molecule has 3 aromatic rings. The Labute approximate surface area is 184 Å². The summed E-state index contributed by atoms with van der Waals surface area (Å²) >= 11 is 0. The van der Waals surface area contributed by atoms with Crippen LogP contribution in [0.1, 0.15) is 43.0 Å². The Bertz CT molecular complexity index is 1080. The molecule has 1 amide bonds. The van der Waals surface area contributed by atoms with E-state index in [9.17, 15) is 13.2 Å². The molecule has 2 N–H and O–H groups in total. The standard InChI is InChI=1S/C25H28N2O3S/c1-2-3-4-8-19-26-31(29,30)24-17-15-23(16-18-24)27-25(28)22-13-11-21(12-14-22)20-9-6-5-7-10-20/h5-7,9-18,26H,2-4,8,19H2,1H3,(H,27,28). The fourth-order valence-corrected chi connectivity index (χ4v) is 4.28. The smallest absolute Gasteiger partial charge is 0.255 e. The van der Waals surface area contributed by atoms with Crippen molar-refractivity contribution in [3.63, 3.8) is 0 Å². The quantitative estimate of drug-likeness (QED) is 0.414. The van der Waals surface area contributed by atoms with Crippen molar-refractivity contribution in [3.8, 4) is 11.1 Å². The summed E-state index contributed by atoms with van der Waals surface area (Å²) in [6.07, 6.45) is 4.04. The molecule has 162 valence electrons. The molecule has 0 saturated carbocycles. The van der Waals surface area contributed by atoms with E-state index in [1.54, 1.807) is 24.3 Å². The summed E-state index contributed by atoms with van der Waals surface area (Å²) in [6.45, 7) is 2.55. The number of unbranched alkanes of at least 4 members (excludes halogenated alkanes) is 3. The molecule has 0 aliphatic rings. The average Bonchev–Trinajstić information content (AvgIpc) is 2.80. The lowest BCUT2D eigenvalue weighted by atomic mass is 10.0. The predicted octanol–water partition coefficient (Wildman–Crippen LogP) is 5.46. The molecule has 0 spiro atoms. The van der Waals surface area contributed by atoms with Crippen LogP contribution < -0.4 is 10.0 Å². The van der Waals surface area contributed by atoms with Gasteiger partial charge in [0.25, 0.3) is 5.91 Å². The predicted molar refractivity (Wildman–Crippen MR) is 126 cm³/mol. The number of nitrogens with one attached hydrogen (secondary N) is 2. The van der Waals surface area contributed by atoms with Gasteiger partial charge in [-0.05, 0) is 53.9 Å². The first kappa shape index (κ1) is 22.7. The second-order valence-electron chi connectivity index (χ2n) is 7.38. The van der Waals surface area contributed by atoms with Crippen molar-refractivity contribution < 1.29 is 13.2 Å². The van der Waals surface area contributed by atoms with Gasteiger partial charge in [-0.25, -0.2) is 13.1 Å². The maximum Gasteiger partial charge on any atom is 0.255 e. The Kier molecular flexibility index (Phi) is 7.98. The Morgan fingerprint density at radius 3 is 2.06 bits per heavy atom. The number of benzene rings is 3. The van der Waals surface area contributed by atoms with E-state index in [1.165, 1.54) is 12.1 Å². The van der Waals surface area contributed by atoms with E-state index < -0.39 is 10.0 Å². The first-order valence-corrected chi connectivity index (χ1v) is 12.0. The lowest BCUT2D eigenvalue weighted by Crippen LogP contribution is -2.24. The Morgan fingerprint density at radius 2 is 1.42 bits per heavy atom. The SMILES string of the molecule is CCCCCCNS(=O)(=O)c1ccc(NC(=O)c2ccc(-c3ccccc3)cc2)cc1. The maximum atomic E-state index is 12.5. The van der Waals surface area contributed by atoms with Gasteiger partial charge in [-0.3, -0.25) is 4.79 Å². The highest BCUT2D eigenvalue weighted by molar-refractivity contribution is 7.89. The molecule has 0 aliphatic heterocycles. The van der Waals surface area contributed by atoms with Crippen LogP contribution in [-0.4, -0.2) is 20.9 Å². The molecule has 0 radical (unpaired) electrons. The summed E-state index contributed by atoms with van der Waals surface area (Å²) in [5, 5.41) is 2.81. The molecule has 5 nitrogen and oxygen atoms in total. The topological polar surface area (TPSA) is 75.3 Å². The van der Waals surface area contributed by atoms with Crippen molar-refractivity contribution in [2.75, 3.05) is 11.9 Å². The zero-order valence-corrected chi connectivity index (χ0v) is 18.5.